The molecule has 1 aromatic carbocycles. The predicted octanol–water partition coefficient (Wildman–Crippen LogP) is 5.75. The predicted molar refractivity (Wildman–Crippen MR) is 158 cm³/mol. The number of halogens is 1. The van der Waals surface area contributed by atoms with E-state index in [4.69, 9.17) is 15.2 Å². The van der Waals surface area contributed by atoms with Crippen molar-refractivity contribution in [1.29, 1.82) is 0 Å². The molecule has 2 rings (SSSR count). The molecule has 0 saturated carbocycles. The highest BCUT2D eigenvalue weighted by atomic mass is 35.5. The maximum Gasteiger partial charge on any atom is 0.328 e. The number of esters is 2. The van der Waals surface area contributed by atoms with E-state index in [1.165, 1.54) is 12.8 Å². The maximum absolute atomic E-state index is 13.0. The van der Waals surface area contributed by atoms with E-state index in [1.54, 1.807) is 0 Å². The van der Waals surface area contributed by atoms with Crippen molar-refractivity contribution in [3.63, 3.8) is 0 Å². The summed E-state index contributed by atoms with van der Waals surface area (Å²) >= 11 is 0. The van der Waals surface area contributed by atoms with E-state index in [0.29, 0.717) is 13.2 Å². The van der Waals surface area contributed by atoms with Gasteiger partial charge in [-0.1, -0.05) is 83.4 Å². The van der Waals surface area contributed by atoms with Crippen LogP contribution in [0.2, 0.25) is 0 Å². The second-order valence-electron chi connectivity index (χ2n) is 9.99. The molecular formula is C30H48ClN3O5. The van der Waals surface area contributed by atoms with E-state index in [2.05, 4.69) is 24.1 Å². The van der Waals surface area contributed by atoms with Gasteiger partial charge in [-0.2, -0.15) is 0 Å². The highest BCUT2D eigenvalue weighted by Crippen LogP contribution is 2.19. The van der Waals surface area contributed by atoms with Crippen LogP contribution in [-0.4, -0.2) is 48.1 Å². The van der Waals surface area contributed by atoms with Crippen LogP contribution in [0.3, 0.4) is 0 Å². The van der Waals surface area contributed by atoms with Crippen molar-refractivity contribution in [3.05, 3.63) is 36.0 Å². The van der Waals surface area contributed by atoms with Crippen LogP contribution in [0.15, 0.2) is 30.5 Å². The lowest BCUT2D eigenvalue weighted by atomic mass is 10.0. The zero-order valence-electron chi connectivity index (χ0n) is 23.7. The van der Waals surface area contributed by atoms with Gasteiger partial charge in [0.1, 0.15) is 6.04 Å². The minimum atomic E-state index is -0.931. The van der Waals surface area contributed by atoms with Crippen LogP contribution < -0.4 is 11.1 Å². The molecule has 0 bridgehead atoms. The van der Waals surface area contributed by atoms with Gasteiger partial charge in [-0.05, 0) is 30.9 Å². The summed E-state index contributed by atoms with van der Waals surface area (Å²) in [6, 6.07) is 5.99. The Balaban J connectivity index is 0.00000760. The standard InChI is InChI=1S/C30H47N3O5.ClH/c1-3-5-7-9-13-19-37-28(34)18-17-25(31)29(35)33-27(30(36)38-20-14-10-8-6-4-2)21-23-22-32-26-16-12-11-15-24(23)26;/h11-12,15-16,22,25,27,32H,3-10,13-14,17-21,31H2,1-2H3,(H,33,35);1H/t25-,27-;/m0./s1. The monoisotopic (exact) mass is 565 g/mol. The third-order valence-corrected chi connectivity index (χ3v) is 6.70. The van der Waals surface area contributed by atoms with Crippen LogP contribution in [0.1, 0.15) is 96.5 Å². The molecule has 4 N–H and O–H groups in total. The van der Waals surface area contributed by atoms with Gasteiger partial charge in [0.2, 0.25) is 5.91 Å². The number of amides is 1. The Hall–Kier alpha value is -2.58. The minimum absolute atomic E-state index is 0. The normalized spacial score (nSPS) is 12.4. The zero-order valence-corrected chi connectivity index (χ0v) is 24.5. The Morgan fingerprint density at radius 3 is 2.18 bits per heavy atom. The summed E-state index contributed by atoms with van der Waals surface area (Å²) in [5.74, 6) is -1.32. The van der Waals surface area contributed by atoms with Gasteiger partial charge in [0, 0.05) is 29.9 Å². The van der Waals surface area contributed by atoms with Gasteiger partial charge < -0.3 is 25.5 Å². The van der Waals surface area contributed by atoms with Crippen LogP contribution in [0.25, 0.3) is 10.9 Å². The summed E-state index contributed by atoms with van der Waals surface area (Å²) in [5, 5.41) is 3.76. The lowest BCUT2D eigenvalue weighted by molar-refractivity contribution is -0.148. The molecule has 0 aliphatic heterocycles. The Kier molecular flexibility index (Phi) is 18.0. The zero-order chi connectivity index (χ0) is 27.6. The van der Waals surface area contributed by atoms with Gasteiger partial charge in [-0.25, -0.2) is 4.79 Å². The van der Waals surface area contributed by atoms with E-state index in [9.17, 15) is 14.4 Å². The SMILES string of the molecule is CCCCCCCOC(=O)CC[C@H](N)C(=O)N[C@@H](Cc1c[nH]c2ccccc12)C(=O)OCCCCCCC.Cl. The number of nitrogens with one attached hydrogen (secondary N) is 2. The molecule has 39 heavy (non-hydrogen) atoms. The lowest BCUT2D eigenvalue weighted by Gasteiger charge is -2.20. The highest BCUT2D eigenvalue weighted by Gasteiger charge is 2.26. The van der Waals surface area contributed by atoms with E-state index >= 15 is 0 Å². The van der Waals surface area contributed by atoms with Crippen LogP contribution in [0, 0.1) is 0 Å². The number of rotatable bonds is 20. The number of hydrogen-bond acceptors (Lipinski definition) is 6. The number of aromatic nitrogens is 1. The first-order chi connectivity index (χ1) is 18.5. The molecular weight excluding hydrogens is 518 g/mol. The van der Waals surface area contributed by atoms with Crippen LogP contribution in [0.4, 0.5) is 0 Å². The van der Waals surface area contributed by atoms with Crippen molar-refractivity contribution < 1.29 is 23.9 Å². The van der Waals surface area contributed by atoms with Gasteiger partial charge in [0.05, 0.1) is 19.3 Å². The third kappa shape index (κ3) is 13.4. The minimum Gasteiger partial charge on any atom is -0.466 e. The number of carbonyl (C=O) groups excluding carboxylic acids is 3. The van der Waals surface area contributed by atoms with Crippen LogP contribution in [-0.2, 0) is 30.3 Å². The van der Waals surface area contributed by atoms with Gasteiger partial charge in [0.25, 0.3) is 0 Å². The molecule has 1 amide bonds. The molecule has 220 valence electrons. The molecule has 0 unspecified atom stereocenters. The molecule has 8 nitrogen and oxygen atoms in total. The average molecular weight is 566 g/mol. The molecule has 9 heteroatoms. The van der Waals surface area contributed by atoms with Crippen molar-refractivity contribution in [3.8, 4) is 0 Å². The number of ether oxygens (including phenoxy) is 2. The fourth-order valence-electron chi connectivity index (χ4n) is 4.34. The van der Waals surface area contributed by atoms with Crippen LogP contribution >= 0.6 is 12.4 Å². The average Bonchev–Trinajstić information content (AvgIpc) is 3.33. The van der Waals surface area contributed by atoms with Gasteiger partial charge in [-0.3, -0.25) is 9.59 Å². The summed E-state index contributed by atoms with van der Waals surface area (Å²) in [5.41, 5.74) is 7.94. The summed E-state index contributed by atoms with van der Waals surface area (Å²) in [6.07, 6.45) is 12.9. The Morgan fingerprint density at radius 2 is 1.51 bits per heavy atom. The topological polar surface area (TPSA) is 124 Å². The molecule has 0 saturated heterocycles. The molecule has 0 fully saturated rings. The number of carbonyl (C=O) groups is 3. The summed E-state index contributed by atoms with van der Waals surface area (Å²) in [6.45, 7) is 5.02. The first-order valence-electron chi connectivity index (χ1n) is 14.4. The molecule has 0 radical (unpaired) electrons. The Labute approximate surface area is 239 Å². The molecule has 0 aliphatic rings. The van der Waals surface area contributed by atoms with Crippen molar-refractivity contribution >= 4 is 41.2 Å². The van der Waals surface area contributed by atoms with E-state index in [0.717, 1.165) is 67.8 Å². The first-order valence-corrected chi connectivity index (χ1v) is 14.4. The molecule has 2 atom stereocenters. The molecule has 1 aromatic heterocycles. The van der Waals surface area contributed by atoms with Gasteiger partial charge >= 0.3 is 11.9 Å². The Bertz CT molecular complexity index is 980. The fourth-order valence-corrected chi connectivity index (χ4v) is 4.34. The fraction of sp³-hybridized carbons (Fsp3) is 0.633. The molecule has 0 aliphatic carbocycles. The van der Waals surface area contributed by atoms with E-state index in [1.807, 2.05) is 30.5 Å². The number of para-hydroxylation sites is 1. The van der Waals surface area contributed by atoms with Crippen molar-refractivity contribution in [2.75, 3.05) is 13.2 Å². The Morgan fingerprint density at radius 1 is 0.897 bits per heavy atom. The number of aromatic amines is 1. The van der Waals surface area contributed by atoms with E-state index in [-0.39, 0.29) is 37.6 Å². The van der Waals surface area contributed by atoms with Crippen molar-refractivity contribution in [2.45, 2.75) is 109 Å². The number of unbranched alkanes of at least 4 members (excludes halogenated alkanes) is 8. The lowest BCUT2D eigenvalue weighted by Crippen LogP contribution is -2.50. The van der Waals surface area contributed by atoms with E-state index < -0.39 is 24.0 Å². The quantitative estimate of drug-likeness (QED) is 0.139. The molecule has 0 spiro atoms. The second kappa shape index (κ2) is 20.3. The number of fused-ring (bicyclic) bond motifs is 1. The molecule has 1 heterocycles. The smallest absolute Gasteiger partial charge is 0.328 e. The highest BCUT2D eigenvalue weighted by molar-refractivity contribution is 5.89. The van der Waals surface area contributed by atoms with Gasteiger partial charge in [0.15, 0.2) is 0 Å². The van der Waals surface area contributed by atoms with Crippen molar-refractivity contribution in [1.82, 2.24) is 10.3 Å². The summed E-state index contributed by atoms with van der Waals surface area (Å²) in [4.78, 5) is 41.1. The van der Waals surface area contributed by atoms with Gasteiger partial charge in [-0.15, -0.1) is 12.4 Å². The van der Waals surface area contributed by atoms with Crippen molar-refractivity contribution in [2.24, 2.45) is 5.73 Å². The first kappa shape index (κ1) is 34.4. The molecule has 2 aromatic rings. The number of benzene rings is 1. The third-order valence-electron chi connectivity index (χ3n) is 6.70. The van der Waals surface area contributed by atoms with Crippen LogP contribution in [0.5, 0.6) is 0 Å². The summed E-state index contributed by atoms with van der Waals surface area (Å²) < 4.78 is 10.8. The summed E-state index contributed by atoms with van der Waals surface area (Å²) in [7, 11) is 0. The largest absolute Gasteiger partial charge is 0.466 e. The number of nitrogens with two attached hydrogens (primary N) is 1. The number of H-pyrrole nitrogens is 1. The maximum atomic E-state index is 13.0. The number of hydrogen-bond donors (Lipinski definition) is 3. The second-order valence-corrected chi connectivity index (χ2v) is 9.99.